The first kappa shape index (κ1) is 22.2. The lowest BCUT2D eigenvalue weighted by Crippen LogP contribution is -2.33. The van der Waals surface area contributed by atoms with Crippen LogP contribution in [0, 0.1) is 5.41 Å². The van der Waals surface area contributed by atoms with Crippen LogP contribution < -0.4 is 5.32 Å². The zero-order valence-electron chi connectivity index (χ0n) is 14.3. The van der Waals surface area contributed by atoms with E-state index >= 15 is 0 Å². The molecule has 2 N–H and O–H groups in total. The fourth-order valence-corrected chi connectivity index (χ4v) is 3.20. The van der Waals surface area contributed by atoms with Gasteiger partial charge in [-0.05, 0) is 19.1 Å². The molecule has 1 aromatic rings. The van der Waals surface area contributed by atoms with E-state index in [2.05, 4.69) is 10.3 Å². The van der Waals surface area contributed by atoms with Gasteiger partial charge >= 0.3 is 0 Å². The molecule has 0 fully saturated rings. The number of allylic oxidation sites excluding steroid dienone is 1. The zero-order chi connectivity index (χ0) is 19.5. The molecule has 0 aliphatic rings. The quantitative estimate of drug-likeness (QED) is 0.552. The maximum Gasteiger partial charge on any atom is 0.239 e. The van der Waals surface area contributed by atoms with Crippen molar-refractivity contribution in [2.45, 2.75) is 26.2 Å². The van der Waals surface area contributed by atoms with E-state index < -0.39 is 23.6 Å². The summed E-state index contributed by atoms with van der Waals surface area (Å²) in [6, 6.07) is 3.47. The number of halogens is 3. The molecular formula is C16H21ClF2N4O2S. The van der Waals surface area contributed by atoms with E-state index in [4.69, 9.17) is 17.0 Å². The van der Waals surface area contributed by atoms with Gasteiger partial charge in [0.05, 0.1) is 17.6 Å². The highest BCUT2D eigenvalue weighted by atomic mass is 35.5. The summed E-state index contributed by atoms with van der Waals surface area (Å²) in [6.45, 7) is 1.96. The van der Waals surface area contributed by atoms with Crippen molar-refractivity contribution in [1.29, 1.82) is 5.41 Å². The Bertz CT molecular complexity index is 659. The molecular weight excluding hydrogens is 386 g/mol. The van der Waals surface area contributed by atoms with Gasteiger partial charge in [0, 0.05) is 54.1 Å². The number of nitrogens with one attached hydrogen (secondary N) is 2. The molecule has 0 saturated heterocycles. The fourth-order valence-electron chi connectivity index (χ4n) is 2.00. The molecule has 0 aliphatic heterocycles. The first-order valence-electron chi connectivity index (χ1n) is 7.89. The lowest BCUT2D eigenvalue weighted by atomic mass is 10.3. The Morgan fingerprint density at radius 3 is 2.77 bits per heavy atom. The Labute approximate surface area is 158 Å². The van der Waals surface area contributed by atoms with Crippen molar-refractivity contribution in [1.82, 2.24) is 9.88 Å². The molecule has 0 saturated carbocycles. The van der Waals surface area contributed by atoms with Crippen LogP contribution in [-0.2, 0) is 15.6 Å². The van der Waals surface area contributed by atoms with Crippen molar-refractivity contribution >= 4 is 39.2 Å². The van der Waals surface area contributed by atoms with E-state index in [1.54, 1.807) is 31.5 Å². The van der Waals surface area contributed by atoms with E-state index in [-0.39, 0.29) is 41.2 Å². The highest BCUT2D eigenvalue weighted by Crippen LogP contribution is 2.13. The summed E-state index contributed by atoms with van der Waals surface area (Å²) in [5.41, 5.74) is 0.806. The summed E-state index contributed by atoms with van der Waals surface area (Å²) in [6.07, 6.45) is 1.54. The van der Waals surface area contributed by atoms with Crippen LogP contribution >= 0.6 is 11.6 Å². The van der Waals surface area contributed by atoms with Crippen molar-refractivity contribution in [2.24, 2.45) is 0 Å². The molecule has 144 valence electrons. The molecule has 0 spiro atoms. The molecule has 1 heterocycles. The largest absolute Gasteiger partial charge is 0.358 e. The van der Waals surface area contributed by atoms with Crippen LogP contribution in [-0.4, -0.2) is 49.6 Å². The molecule has 0 radical (unpaired) electrons. The first-order chi connectivity index (χ1) is 12.3. The molecule has 1 unspecified atom stereocenters. The van der Waals surface area contributed by atoms with E-state index in [0.717, 1.165) is 0 Å². The molecule has 0 aliphatic carbocycles. The topological polar surface area (TPSA) is 86.2 Å². The molecule has 1 rings (SSSR count). The van der Waals surface area contributed by atoms with Crippen LogP contribution in [0.4, 0.5) is 14.5 Å². The smallest absolute Gasteiger partial charge is 0.239 e. The zero-order valence-corrected chi connectivity index (χ0v) is 15.8. The van der Waals surface area contributed by atoms with Gasteiger partial charge in [-0.15, -0.1) is 0 Å². The van der Waals surface area contributed by atoms with Crippen LogP contribution in [0.5, 0.6) is 0 Å². The van der Waals surface area contributed by atoms with Gasteiger partial charge in [0.1, 0.15) is 5.17 Å². The SMILES string of the molecule is CCN(C(=O)CCS(=O)CCC(F)F)/C(=C/Nc1cccnc1)C(=N)Cl. The number of rotatable bonds is 11. The van der Waals surface area contributed by atoms with Crippen molar-refractivity contribution in [3.63, 3.8) is 0 Å². The third-order valence-electron chi connectivity index (χ3n) is 3.28. The number of carbonyl (C=O) groups is 1. The predicted molar refractivity (Wildman–Crippen MR) is 100 cm³/mol. The Balaban J connectivity index is 2.73. The number of aromatic nitrogens is 1. The van der Waals surface area contributed by atoms with Crippen LogP contribution in [0.2, 0.25) is 0 Å². The highest BCUT2D eigenvalue weighted by molar-refractivity contribution is 7.84. The number of hydrogen-bond donors (Lipinski definition) is 2. The number of anilines is 1. The third-order valence-corrected chi connectivity index (χ3v) is 4.82. The summed E-state index contributed by atoms with van der Waals surface area (Å²) in [7, 11) is -1.49. The number of carbonyl (C=O) groups excluding carboxylic acids is 1. The van der Waals surface area contributed by atoms with Crippen molar-refractivity contribution in [3.05, 3.63) is 36.4 Å². The first-order valence-corrected chi connectivity index (χ1v) is 9.76. The van der Waals surface area contributed by atoms with Gasteiger partial charge in [-0.1, -0.05) is 11.6 Å². The van der Waals surface area contributed by atoms with Crippen LogP contribution in [0.1, 0.15) is 19.8 Å². The summed E-state index contributed by atoms with van der Waals surface area (Å²) in [4.78, 5) is 17.6. The highest BCUT2D eigenvalue weighted by Gasteiger charge is 2.20. The minimum absolute atomic E-state index is 0.0129. The van der Waals surface area contributed by atoms with E-state index in [9.17, 15) is 17.8 Å². The summed E-state index contributed by atoms with van der Waals surface area (Å²) in [5.74, 6) is -0.545. The van der Waals surface area contributed by atoms with Gasteiger partial charge in [-0.3, -0.25) is 19.4 Å². The minimum Gasteiger partial charge on any atom is -0.358 e. The third kappa shape index (κ3) is 8.01. The molecule has 1 atom stereocenters. The summed E-state index contributed by atoms with van der Waals surface area (Å²) < 4.78 is 35.9. The van der Waals surface area contributed by atoms with Crippen LogP contribution in [0.25, 0.3) is 0 Å². The summed E-state index contributed by atoms with van der Waals surface area (Å²) in [5, 5.41) is 10.2. The molecule has 1 amide bonds. The van der Waals surface area contributed by atoms with Crippen LogP contribution in [0.15, 0.2) is 36.4 Å². The minimum atomic E-state index is -2.51. The Kier molecular flexibility index (Phi) is 9.97. The lowest BCUT2D eigenvalue weighted by Gasteiger charge is -2.23. The molecule has 0 aromatic carbocycles. The number of amides is 1. The second-order valence-corrected chi connectivity index (χ2v) is 7.22. The lowest BCUT2D eigenvalue weighted by molar-refractivity contribution is -0.128. The van der Waals surface area contributed by atoms with Gasteiger partial charge in [-0.25, -0.2) is 8.78 Å². The number of pyridine rings is 1. The molecule has 0 bridgehead atoms. The Morgan fingerprint density at radius 2 is 2.23 bits per heavy atom. The molecule has 10 heteroatoms. The molecule has 1 aromatic heterocycles. The van der Waals surface area contributed by atoms with Gasteiger partial charge in [-0.2, -0.15) is 0 Å². The number of alkyl halides is 2. The molecule has 6 nitrogen and oxygen atoms in total. The van der Waals surface area contributed by atoms with Gasteiger partial charge < -0.3 is 10.2 Å². The average molecular weight is 407 g/mol. The maximum absolute atomic E-state index is 12.4. The second kappa shape index (κ2) is 11.7. The van der Waals surface area contributed by atoms with Crippen molar-refractivity contribution < 1.29 is 17.8 Å². The number of nitrogens with zero attached hydrogens (tertiary/aromatic N) is 2. The van der Waals surface area contributed by atoms with E-state index in [1.165, 1.54) is 11.1 Å². The van der Waals surface area contributed by atoms with Gasteiger partial charge in [0.25, 0.3) is 0 Å². The van der Waals surface area contributed by atoms with E-state index in [0.29, 0.717) is 5.69 Å². The number of hydrogen-bond acceptors (Lipinski definition) is 5. The summed E-state index contributed by atoms with van der Waals surface area (Å²) >= 11 is 5.80. The maximum atomic E-state index is 12.4. The monoisotopic (exact) mass is 406 g/mol. The second-order valence-electron chi connectivity index (χ2n) is 5.15. The predicted octanol–water partition coefficient (Wildman–Crippen LogP) is 3.19. The van der Waals surface area contributed by atoms with Crippen LogP contribution in [0.3, 0.4) is 0 Å². The van der Waals surface area contributed by atoms with E-state index in [1.807, 2.05) is 0 Å². The molecule has 26 heavy (non-hydrogen) atoms. The standard InChI is InChI=1S/C16H21ClF2N4O2S/c1-2-23(15(24)6-9-26(25)8-5-14(18)19)13(16(17)20)11-22-12-4-3-7-21-10-12/h3-4,7,10-11,14,20,22H,2,5-6,8-9H2,1H3/b13-11+,20-16?. The van der Waals surface area contributed by atoms with Gasteiger partial charge in [0.15, 0.2) is 0 Å². The Morgan fingerprint density at radius 1 is 1.50 bits per heavy atom. The van der Waals surface area contributed by atoms with Crippen molar-refractivity contribution in [2.75, 3.05) is 23.4 Å². The van der Waals surface area contributed by atoms with Gasteiger partial charge in [0.2, 0.25) is 12.3 Å². The normalized spacial score (nSPS) is 12.7. The van der Waals surface area contributed by atoms with Crippen molar-refractivity contribution in [3.8, 4) is 0 Å². The Hall–Kier alpha value is -1.87. The fraction of sp³-hybridized carbons (Fsp3) is 0.438. The average Bonchev–Trinajstić information content (AvgIpc) is 2.61.